The molecule has 2 aromatic carbocycles. The second-order valence-corrected chi connectivity index (χ2v) is 9.45. The van der Waals surface area contributed by atoms with E-state index in [0.29, 0.717) is 11.1 Å². The number of aromatic hydroxyl groups is 1. The van der Waals surface area contributed by atoms with Gasteiger partial charge >= 0.3 is 0 Å². The Bertz CT molecular complexity index is 1020. The summed E-state index contributed by atoms with van der Waals surface area (Å²) in [6.07, 6.45) is -1.61. The first-order valence-corrected chi connectivity index (χ1v) is 10.8. The predicted octanol–water partition coefficient (Wildman–Crippen LogP) is 3.21. The number of hydrogen-bond acceptors (Lipinski definition) is 4. The van der Waals surface area contributed by atoms with E-state index in [-0.39, 0.29) is 24.3 Å². The van der Waals surface area contributed by atoms with Crippen LogP contribution in [-0.4, -0.2) is 58.1 Å². The molecule has 3 rings (SSSR count). The molecule has 6 nitrogen and oxygen atoms in total. The molecule has 1 heterocycles. The zero-order valence-electron chi connectivity index (χ0n) is 19.2. The molecule has 0 saturated carbocycles. The van der Waals surface area contributed by atoms with Gasteiger partial charge in [-0.3, -0.25) is 9.59 Å². The van der Waals surface area contributed by atoms with Crippen molar-refractivity contribution in [3.63, 3.8) is 0 Å². The third kappa shape index (κ3) is 5.16. The highest BCUT2D eigenvalue weighted by Gasteiger charge is 2.56. The van der Waals surface area contributed by atoms with Crippen molar-refractivity contribution in [2.75, 3.05) is 13.1 Å². The van der Waals surface area contributed by atoms with Gasteiger partial charge in [-0.05, 0) is 43.5 Å². The van der Waals surface area contributed by atoms with Gasteiger partial charge in [-0.2, -0.15) is 0 Å². The predicted molar refractivity (Wildman–Crippen MR) is 120 cm³/mol. The Morgan fingerprint density at radius 3 is 2.33 bits per heavy atom. The van der Waals surface area contributed by atoms with Crippen LogP contribution in [0, 0.1) is 19.3 Å². The average molecular weight is 461 g/mol. The van der Waals surface area contributed by atoms with Gasteiger partial charge in [0.25, 0.3) is 17.7 Å². The Morgan fingerprint density at radius 1 is 1.12 bits per heavy atom. The minimum Gasteiger partial charge on any atom is -0.508 e. The summed E-state index contributed by atoms with van der Waals surface area (Å²) in [6, 6.07) is 11.0. The molecule has 3 N–H and O–H groups in total. The topological polar surface area (TPSA) is 89.9 Å². The van der Waals surface area contributed by atoms with Crippen molar-refractivity contribution in [2.45, 2.75) is 52.2 Å². The summed E-state index contributed by atoms with van der Waals surface area (Å²) >= 11 is 0. The van der Waals surface area contributed by atoms with Gasteiger partial charge in [0.05, 0.1) is 12.6 Å². The number of alkyl halides is 2. The van der Waals surface area contributed by atoms with E-state index in [1.54, 1.807) is 44.2 Å². The number of hydrogen-bond donors (Lipinski definition) is 3. The smallest absolute Gasteiger partial charge is 0.271 e. The standard InChI is InChI=1S/C25H30F2N2O4/c1-15-10-18(16(2)20(30)11-15)22(32)28-19(12-17-8-6-5-7-9-17)21(31)23(33)29-13-24(3,4)25(26,27)14-29/h5-11,19,21,30-31H,12-14H2,1-4H3,(H,28,32). The Labute approximate surface area is 192 Å². The molecule has 2 aromatic rings. The molecular weight excluding hydrogens is 430 g/mol. The molecule has 2 atom stereocenters. The monoisotopic (exact) mass is 460 g/mol. The van der Waals surface area contributed by atoms with Crippen LogP contribution in [0.3, 0.4) is 0 Å². The molecule has 0 aliphatic carbocycles. The molecule has 1 saturated heterocycles. The lowest BCUT2D eigenvalue weighted by molar-refractivity contribution is -0.142. The minimum absolute atomic E-state index is 0.0436. The first-order chi connectivity index (χ1) is 15.3. The molecule has 8 heteroatoms. The highest BCUT2D eigenvalue weighted by atomic mass is 19.3. The lowest BCUT2D eigenvalue weighted by Crippen LogP contribution is -2.52. The molecule has 1 fully saturated rings. The van der Waals surface area contributed by atoms with Gasteiger partial charge in [0.2, 0.25) is 0 Å². The average Bonchev–Trinajstić information content (AvgIpc) is 2.96. The molecule has 0 bridgehead atoms. The number of nitrogens with zero attached hydrogens (tertiary/aromatic N) is 1. The van der Waals surface area contributed by atoms with Crippen LogP contribution in [0.2, 0.25) is 0 Å². The van der Waals surface area contributed by atoms with E-state index >= 15 is 0 Å². The molecule has 0 radical (unpaired) electrons. The normalized spacial score (nSPS) is 18.6. The van der Waals surface area contributed by atoms with Crippen molar-refractivity contribution < 1.29 is 28.6 Å². The molecule has 2 unspecified atom stereocenters. The number of halogens is 2. The number of benzene rings is 2. The third-order valence-corrected chi connectivity index (χ3v) is 6.30. The zero-order valence-corrected chi connectivity index (χ0v) is 19.2. The van der Waals surface area contributed by atoms with Crippen molar-refractivity contribution in [3.8, 4) is 5.75 Å². The van der Waals surface area contributed by atoms with Gasteiger partial charge in [-0.25, -0.2) is 8.78 Å². The molecule has 178 valence electrons. The zero-order chi connectivity index (χ0) is 24.6. The van der Waals surface area contributed by atoms with Crippen molar-refractivity contribution in [3.05, 3.63) is 64.7 Å². The van der Waals surface area contributed by atoms with Gasteiger partial charge < -0.3 is 20.4 Å². The number of aliphatic hydroxyl groups is 1. The van der Waals surface area contributed by atoms with E-state index in [1.165, 1.54) is 19.9 Å². The minimum atomic E-state index is -3.09. The maximum Gasteiger partial charge on any atom is 0.271 e. The Morgan fingerprint density at radius 2 is 1.76 bits per heavy atom. The summed E-state index contributed by atoms with van der Waals surface area (Å²) < 4.78 is 28.7. The van der Waals surface area contributed by atoms with Crippen LogP contribution in [0.4, 0.5) is 8.78 Å². The second-order valence-electron chi connectivity index (χ2n) is 9.45. The fourth-order valence-electron chi connectivity index (χ4n) is 4.05. The summed E-state index contributed by atoms with van der Waals surface area (Å²) in [5, 5.41) is 23.7. The Kier molecular flexibility index (Phi) is 6.79. The van der Waals surface area contributed by atoms with Crippen LogP contribution in [-0.2, 0) is 11.2 Å². The fraction of sp³-hybridized carbons (Fsp3) is 0.440. The van der Waals surface area contributed by atoms with Gasteiger partial charge in [-0.15, -0.1) is 0 Å². The quantitative estimate of drug-likeness (QED) is 0.618. The highest BCUT2D eigenvalue weighted by Crippen LogP contribution is 2.43. The highest BCUT2D eigenvalue weighted by molar-refractivity contribution is 5.97. The fourth-order valence-corrected chi connectivity index (χ4v) is 4.05. The van der Waals surface area contributed by atoms with Crippen molar-refractivity contribution >= 4 is 11.8 Å². The number of amides is 2. The molecule has 0 aromatic heterocycles. The molecular formula is C25H30F2N2O4. The van der Waals surface area contributed by atoms with Crippen molar-refractivity contribution in [2.24, 2.45) is 5.41 Å². The van der Waals surface area contributed by atoms with Crippen molar-refractivity contribution in [1.29, 1.82) is 0 Å². The van der Waals surface area contributed by atoms with Gasteiger partial charge in [0, 0.05) is 23.1 Å². The number of phenols is 1. The number of likely N-dealkylation sites (tertiary alicyclic amines) is 1. The SMILES string of the molecule is Cc1cc(O)c(C)c(C(=O)NC(Cc2ccccc2)C(O)C(=O)N2CC(C)(C)C(F)(F)C2)c1. The molecule has 1 aliphatic heterocycles. The van der Waals surface area contributed by atoms with Crippen molar-refractivity contribution in [1.82, 2.24) is 10.2 Å². The lowest BCUT2D eigenvalue weighted by atomic mass is 9.89. The first kappa shape index (κ1) is 24.6. The van der Waals surface area contributed by atoms with Gasteiger partial charge in [0.15, 0.2) is 6.10 Å². The number of carbonyl (C=O) groups is 2. The summed E-state index contributed by atoms with van der Waals surface area (Å²) in [6.45, 7) is 5.09. The maximum absolute atomic E-state index is 14.3. The number of rotatable bonds is 6. The van der Waals surface area contributed by atoms with Crippen LogP contribution in [0.15, 0.2) is 42.5 Å². The molecule has 0 spiro atoms. The summed E-state index contributed by atoms with van der Waals surface area (Å²) in [4.78, 5) is 27.0. The van der Waals surface area contributed by atoms with Crippen LogP contribution >= 0.6 is 0 Å². The van der Waals surface area contributed by atoms with Crippen LogP contribution < -0.4 is 5.32 Å². The summed E-state index contributed by atoms with van der Waals surface area (Å²) in [5.74, 6) is -4.56. The maximum atomic E-state index is 14.3. The Hall–Kier alpha value is -3.00. The molecule has 1 aliphatic rings. The lowest BCUT2D eigenvalue weighted by Gasteiger charge is -2.28. The molecule has 2 amide bonds. The van der Waals surface area contributed by atoms with Crippen LogP contribution in [0.5, 0.6) is 5.75 Å². The van der Waals surface area contributed by atoms with Gasteiger partial charge in [-0.1, -0.05) is 44.2 Å². The second kappa shape index (κ2) is 9.09. The summed E-state index contributed by atoms with van der Waals surface area (Å²) in [7, 11) is 0. The number of carbonyl (C=O) groups excluding carboxylic acids is 2. The van der Waals surface area contributed by atoms with E-state index in [1.807, 2.05) is 6.07 Å². The third-order valence-electron chi connectivity index (χ3n) is 6.30. The number of phenolic OH excluding ortho intramolecular Hbond substituents is 1. The summed E-state index contributed by atoms with van der Waals surface area (Å²) in [5.41, 5.74) is 0.570. The van der Waals surface area contributed by atoms with E-state index < -0.39 is 41.8 Å². The van der Waals surface area contributed by atoms with E-state index in [2.05, 4.69) is 5.32 Å². The first-order valence-electron chi connectivity index (χ1n) is 10.8. The molecule has 33 heavy (non-hydrogen) atoms. The van der Waals surface area contributed by atoms with Gasteiger partial charge in [0.1, 0.15) is 5.75 Å². The van der Waals surface area contributed by atoms with Crippen LogP contribution in [0.25, 0.3) is 0 Å². The van der Waals surface area contributed by atoms with Crippen LogP contribution in [0.1, 0.15) is 40.9 Å². The number of aliphatic hydroxyl groups excluding tert-OH is 1. The van der Waals surface area contributed by atoms with E-state index in [4.69, 9.17) is 0 Å². The van der Waals surface area contributed by atoms with E-state index in [9.17, 15) is 28.6 Å². The van der Waals surface area contributed by atoms with E-state index in [0.717, 1.165) is 10.5 Å². The Balaban J connectivity index is 1.87. The number of aryl methyl sites for hydroxylation is 1. The largest absolute Gasteiger partial charge is 0.508 e. The number of nitrogens with one attached hydrogen (secondary N) is 1.